The van der Waals surface area contributed by atoms with Gasteiger partial charge in [0.15, 0.2) is 0 Å². The molecule has 6 nitrogen and oxygen atoms in total. The molecule has 0 amide bonds. The Labute approximate surface area is 162 Å². The topological polar surface area (TPSA) is 72.9 Å². The van der Waals surface area contributed by atoms with Gasteiger partial charge in [-0.15, -0.1) is 0 Å². The molecule has 1 aromatic rings. The average Bonchev–Trinajstić information content (AvgIpc) is 2.67. The van der Waals surface area contributed by atoms with Crippen molar-refractivity contribution in [2.45, 2.75) is 58.0 Å². The molecule has 0 radical (unpaired) electrons. The number of esters is 1. The van der Waals surface area contributed by atoms with Crippen LogP contribution < -0.4 is 0 Å². The zero-order chi connectivity index (χ0) is 19.7. The van der Waals surface area contributed by atoms with Crippen LogP contribution >= 0.6 is 0 Å². The molecule has 1 aromatic carbocycles. The van der Waals surface area contributed by atoms with Gasteiger partial charge in [-0.3, -0.25) is 8.98 Å². The summed E-state index contributed by atoms with van der Waals surface area (Å²) in [7, 11) is -3.94. The van der Waals surface area contributed by atoms with E-state index < -0.39 is 16.3 Å². The Bertz CT molecular complexity index is 708. The minimum atomic E-state index is -3.94. The normalized spacial score (nSPS) is 15.6. The molecule has 1 aliphatic carbocycles. The van der Waals surface area contributed by atoms with Crippen LogP contribution in [0.4, 0.5) is 0 Å². The summed E-state index contributed by atoms with van der Waals surface area (Å²) in [6, 6.07) is 7.55. The van der Waals surface area contributed by atoms with Crippen molar-refractivity contribution in [3.63, 3.8) is 0 Å². The maximum absolute atomic E-state index is 12.8. The van der Waals surface area contributed by atoms with E-state index in [2.05, 4.69) is 6.58 Å². The van der Waals surface area contributed by atoms with Crippen LogP contribution in [0.3, 0.4) is 0 Å². The number of ether oxygens (including phenoxy) is 1. The largest absolute Gasteiger partial charge is 0.466 e. The number of hydrogen-bond acceptors (Lipinski definition) is 5. The van der Waals surface area contributed by atoms with Gasteiger partial charge in [0, 0.05) is 12.6 Å². The van der Waals surface area contributed by atoms with E-state index in [-0.39, 0.29) is 32.2 Å². The van der Waals surface area contributed by atoms with Crippen molar-refractivity contribution in [2.24, 2.45) is 0 Å². The van der Waals surface area contributed by atoms with Crippen molar-refractivity contribution >= 4 is 22.3 Å². The lowest BCUT2D eigenvalue weighted by Crippen LogP contribution is -2.42. The van der Waals surface area contributed by atoms with Gasteiger partial charge in [-0.2, -0.15) is 12.7 Å². The van der Waals surface area contributed by atoms with Crippen LogP contribution in [0.15, 0.2) is 30.8 Å². The zero-order valence-corrected chi connectivity index (χ0v) is 16.7. The van der Waals surface area contributed by atoms with E-state index in [0.717, 1.165) is 43.2 Å². The predicted molar refractivity (Wildman–Crippen MR) is 105 cm³/mol. The monoisotopic (exact) mass is 395 g/mol. The number of rotatable bonds is 10. The first-order valence-corrected chi connectivity index (χ1v) is 10.9. The molecule has 150 valence electrons. The molecule has 0 aliphatic heterocycles. The van der Waals surface area contributed by atoms with E-state index in [1.165, 1.54) is 4.31 Å². The van der Waals surface area contributed by atoms with Crippen molar-refractivity contribution in [1.82, 2.24) is 4.31 Å². The molecule has 0 aromatic heterocycles. The highest BCUT2D eigenvalue weighted by atomic mass is 32.2. The highest BCUT2D eigenvalue weighted by Crippen LogP contribution is 2.27. The van der Waals surface area contributed by atoms with Crippen molar-refractivity contribution in [1.29, 1.82) is 0 Å². The summed E-state index contributed by atoms with van der Waals surface area (Å²) < 4.78 is 37.1. The molecule has 0 N–H and O–H groups in total. The van der Waals surface area contributed by atoms with Crippen molar-refractivity contribution in [2.75, 3.05) is 13.2 Å². The Morgan fingerprint density at radius 2 is 1.89 bits per heavy atom. The predicted octanol–water partition coefficient (Wildman–Crippen LogP) is 3.68. The van der Waals surface area contributed by atoms with E-state index in [1.807, 2.05) is 24.3 Å². The van der Waals surface area contributed by atoms with Gasteiger partial charge >= 0.3 is 16.3 Å². The molecule has 1 fully saturated rings. The zero-order valence-electron chi connectivity index (χ0n) is 15.9. The average molecular weight is 396 g/mol. The quantitative estimate of drug-likeness (QED) is 0.565. The Morgan fingerprint density at radius 3 is 2.48 bits per heavy atom. The lowest BCUT2D eigenvalue weighted by Gasteiger charge is -2.32. The number of carbonyl (C=O) groups excluding carboxylic acids is 1. The summed E-state index contributed by atoms with van der Waals surface area (Å²) >= 11 is 0. The molecule has 7 heteroatoms. The summed E-state index contributed by atoms with van der Waals surface area (Å²) in [4.78, 5) is 11.4. The van der Waals surface area contributed by atoms with Crippen molar-refractivity contribution in [3.8, 4) is 0 Å². The van der Waals surface area contributed by atoms with Gasteiger partial charge < -0.3 is 4.74 Å². The molecule has 0 saturated heterocycles. The van der Waals surface area contributed by atoms with E-state index in [1.54, 1.807) is 13.0 Å². The van der Waals surface area contributed by atoms with Crippen LogP contribution in [0, 0.1) is 0 Å². The maximum atomic E-state index is 12.8. The summed E-state index contributed by atoms with van der Waals surface area (Å²) in [6.45, 7) is 5.75. The lowest BCUT2D eigenvalue weighted by atomic mass is 9.95. The molecule has 0 unspecified atom stereocenters. The Kier molecular flexibility index (Phi) is 8.47. The molecule has 27 heavy (non-hydrogen) atoms. The SMILES string of the molecule is C=Cc1ccc(CN(C2CCCCC2)S(=O)(=O)OCCC(=O)OCC)cc1. The third kappa shape index (κ3) is 6.75. The van der Waals surface area contributed by atoms with Gasteiger partial charge in [0.05, 0.1) is 19.6 Å². The lowest BCUT2D eigenvalue weighted by molar-refractivity contribution is -0.143. The summed E-state index contributed by atoms with van der Waals surface area (Å²) in [5.74, 6) is -0.461. The van der Waals surface area contributed by atoms with Gasteiger partial charge in [0.1, 0.15) is 0 Å². The molecule has 1 aliphatic rings. The number of benzene rings is 1. The minimum absolute atomic E-state index is 0.0783. The first-order chi connectivity index (χ1) is 13.0. The van der Waals surface area contributed by atoms with Crippen LogP contribution in [0.2, 0.25) is 0 Å². The fraction of sp³-hybridized carbons (Fsp3) is 0.550. The van der Waals surface area contributed by atoms with Crippen LogP contribution in [-0.4, -0.2) is 37.9 Å². The second-order valence-corrected chi connectivity index (χ2v) is 8.18. The van der Waals surface area contributed by atoms with Crippen LogP contribution in [-0.2, 0) is 30.6 Å². The summed E-state index contributed by atoms with van der Waals surface area (Å²) in [5.41, 5.74) is 1.88. The van der Waals surface area contributed by atoms with Crippen molar-refractivity contribution in [3.05, 3.63) is 42.0 Å². The standard InChI is InChI=1S/C20H29NO5S/c1-3-17-10-12-18(13-11-17)16-21(19-8-6-5-7-9-19)27(23,24)26-15-14-20(22)25-4-2/h3,10-13,19H,1,4-9,14-16H2,2H3. The minimum Gasteiger partial charge on any atom is -0.466 e. The Morgan fingerprint density at radius 1 is 1.22 bits per heavy atom. The molecule has 0 bridgehead atoms. The second-order valence-electron chi connectivity index (χ2n) is 6.62. The van der Waals surface area contributed by atoms with E-state index in [9.17, 15) is 13.2 Å². The third-order valence-electron chi connectivity index (χ3n) is 4.67. The van der Waals surface area contributed by atoms with Gasteiger partial charge in [-0.1, -0.05) is 56.2 Å². The van der Waals surface area contributed by atoms with Gasteiger partial charge in [0.2, 0.25) is 0 Å². The molecule has 0 heterocycles. The van der Waals surface area contributed by atoms with Gasteiger partial charge in [-0.25, -0.2) is 0 Å². The number of carbonyl (C=O) groups is 1. The van der Waals surface area contributed by atoms with Crippen molar-refractivity contribution < 1.29 is 22.1 Å². The van der Waals surface area contributed by atoms with Gasteiger partial charge in [-0.05, 0) is 30.9 Å². The Hall–Kier alpha value is -1.70. The fourth-order valence-electron chi connectivity index (χ4n) is 3.23. The molecule has 0 spiro atoms. The highest BCUT2D eigenvalue weighted by molar-refractivity contribution is 7.84. The molecule has 0 atom stereocenters. The molecular weight excluding hydrogens is 366 g/mol. The van der Waals surface area contributed by atoms with Crippen LogP contribution in [0.5, 0.6) is 0 Å². The smallest absolute Gasteiger partial charge is 0.338 e. The van der Waals surface area contributed by atoms with Gasteiger partial charge in [0.25, 0.3) is 0 Å². The molecule has 1 saturated carbocycles. The number of hydrogen-bond donors (Lipinski definition) is 0. The summed E-state index contributed by atoms with van der Waals surface area (Å²) in [6.07, 6.45) is 6.46. The van der Waals surface area contributed by atoms with Crippen LogP contribution in [0.1, 0.15) is 56.6 Å². The highest BCUT2D eigenvalue weighted by Gasteiger charge is 2.32. The molecular formula is C20H29NO5S. The summed E-state index contributed by atoms with van der Waals surface area (Å²) in [5, 5.41) is 0. The maximum Gasteiger partial charge on any atom is 0.338 e. The first kappa shape index (κ1) is 21.6. The number of nitrogens with zero attached hydrogens (tertiary/aromatic N) is 1. The fourth-order valence-corrected chi connectivity index (χ4v) is 4.54. The van der Waals surface area contributed by atoms with E-state index >= 15 is 0 Å². The van der Waals surface area contributed by atoms with E-state index in [0.29, 0.717) is 0 Å². The Balaban J connectivity index is 2.09. The third-order valence-corrected chi connectivity index (χ3v) is 6.13. The van der Waals surface area contributed by atoms with E-state index in [4.69, 9.17) is 8.92 Å². The van der Waals surface area contributed by atoms with Crippen LogP contribution in [0.25, 0.3) is 6.08 Å². The first-order valence-electron chi connectivity index (χ1n) is 9.49. The second kappa shape index (κ2) is 10.6. The molecule has 2 rings (SSSR count).